The summed E-state index contributed by atoms with van der Waals surface area (Å²) in [5.74, 6) is 0. The number of allylic oxidation sites excluding steroid dienone is 2. The monoisotopic (exact) mass is 171 g/mol. The minimum absolute atomic E-state index is 0.970. The molecule has 0 fully saturated rings. The Morgan fingerprint density at radius 1 is 1.23 bits per heavy atom. The molecule has 0 aromatic heterocycles. The summed E-state index contributed by atoms with van der Waals surface area (Å²) in [6.07, 6.45) is 4.21. The van der Waals surface area contributed by atoms with Crippen LogP contribution in [-0.4, -0.2) is 5.71 Å². The molecule has 0 amide bonds. The Kier molecular flexibility index (Phi) is 2.26. The van der Waals surface area contributed by atoms with Gasteiger partial charge < -0.3 is 0 Å². The highest BCUT2D eigenvalue weighted by Crippen LogP contribution is 2.15. The molecule has 1 heteroatoms. The largest absolute Gasteiger partial charge is 0.262 e. The lowest BCUT2D eigenvalue weighted by Crippen LogP contribution is -1.85. The Labute approximate surface area is 78.8 Å². The number of benzene rings is 1. The van der Waals surface area contributed by atoms with Crippen LogP contribution in [0.4, 0.5) is 0 Å². The predicted octanol–water partition coefficient (Wildman–Crippen LogP) is 2.98. The first-order valence-corrected chi connectivity index (χ1v) is 4.62. The fraction of sp³-hybridized carbons (Fsp3) is 0.250. The Balaban J connectivity index is 2.08. The molecule has 0 N–H and O–H groups in total. The van der Waals surface area contributed by atoms with Crippen LogP contribution in [0.15, 0.2) is 47.1 Å². The number of nitrogens with zero attached hydrogens (tertiary/aromatic N) is 1. The molecule has 0 radical (unpaired) electrons. The molecule has 0 saturated heterocycles. The molecule has 66 valence electrons. The van der Waals surface area contributed by atoms with E-state index in [0.717, 1.165) is 12.8 Å². The summed E-state index contributed by atoms with van der Waals surface area (Å²) >= 11 is 0. The van der Waals surface area contributed by atoms with Gasteiger partial charge in [0, 0.05) is 24.3 Å². The second-order valence-corrected chi connectivity index (χ2v) is 3.41. The van der Waals surface area contributed by atoms with Crippen LogP contribution in [-0.2, 0) is 6.42 Å². The molecule has 0 spiro atoms. The molecule has 2 rings (SSSR count). The summed E-state index contributed by atoms with van der Waals surface area (Å²) < 4.78 is 0. The molecule has 0 bridgehead atoms. The third-order valence-electron chi connectivity index (χ3n) is 2.20. The highest BCUT2D eigenvalue weighted by molar-refractivity contribution is 5.86. The average Bonchev–Trinajstić information content (AvgIpc) is 2.53. The van der Waals surface area contributed by atoms with Gasteiger partial charge in [0.05, 0.1) is 0 Å². The summed E-state index contributed by atoms with van der Waals surface area (Å²) in [6.45, 7) is 2.08. The second kappa shape index (κ2) is 3.56. The molecule has 0 saturated carbocycles. The predicted molar refractivity (Wildman–Crippen MR) is 56.0 cm³/mol. The Hall–Kier alpha value is -1.37. The maximum atomic E-state index is 4.46. The fourth-order valence-corrected chi connectivity index (χ4v) is 1.52. The third-order valence-corrected chi connectivity index (χ3v) is 2.20. The van der Waals surface area contributed by atoms with Gasteiger partial charge >= 0.3 is 0 Å². The van der Waals surface area contributed by atoms with Crippen LogP contribution >= 0.6 is 0 Å². The van der Waals surface area contributed by atoms with Crippen molar-refractivity contribution in [3.05, 3.63) is 47.7 Å². The summed E-state index contributed by atoms with van der Waals surface area (Å²) in [5, 5.41) is 0. The van der Waals surface area contributed by atoms with E-state index in [-0.39, 0.29) is 0 Å². The van der Waals surface area contributed by atoms with Gasteiger partial charge in [-0.25, -0.2) is 0 Å². The molecule has 1 nitrogen and oxygen atoms in total. The number of hydrogen-bond donors (Lipinski definition) is 0. The molecule has 1 aliphatic rings. The molecule has 1 aliphatic heterocycles. The van der Waals surface area contributed by atoms with Crippen LogP contribution < -0.4 is 0 Å². The van der Waals surface area contributed by atoms with Crippen LogP contribution in [0, 0.1) is 0 Å². The minimum Gasteiger partial charge on any atom is -0.262 e. The van der Waals surface area contributed by atoms with Gasteiger partial charge in [-0.3, -0.25) is 4.99 Å². The van der Waals surface area contributed by atoms with Crippen LogP contribution in [0.1, 0.15) is 18.9 Å². The van der Waals surface area contributed by atoms with E-state index in [0.29, 0.717) is 0 Å². The maximum Gasteiger partial charge on any atom is 0.0410 e. The molecule has 0 atom stereocenters. The van der Waals surface area contributed by atoms with E-state index in [1.807, 2.05) is 6.07 Å². The number of aliphatic imine (C=N–C) groups is 1. The van der Waals surface area contributed by atoms with Crippen molar-refractivity contribution in [1.82, 2.24) is 0 Å². The maximum absolute atomic E-state index is 4.46. The van der Waals surface area contributed by atoms with Crippen LogP contribution in [0.2, 0.25) is 0 Å². The summed E-state index contributed by atoms with van der Waals surface area (Å²) in [5.41, 5.74) is 3.78. The second-order valence-electron chi connectivity index (χ2n) is 3.41. The molecular formula is C12H13N. The lowest BCUT2D eigenvalue weighted by molar-refractivity contribution is 1.12. The van der Waals surface area contributed by atoms with Gasteiger partial charge in [0.1, 0.15) is 0 Å². The molecule has 1 heterocycles. The SMILES string of the molecule is CC1=NC(Cc2ccccc2)=CC1. The average molecular weight is 171 g/mol. The Morgan fingerprint density at radius 3 is 2.62 bits per heavy atom. The van der Waals surface area contributed by atoms with E-state index in [4.69, 9.17) is 0 Å². The van der Waals surface area contributed by atoms with Gasteiger partial charge in [-0.2, -0.15) is 0 Å². The van der Waals surface area contributed by atoms with E-state index in [1.165, 1.54) is 17.0 Å². The summed E-state index contributed by atoms with van der Waals surface area (Å²) in [7, 11) is 0. The molecule has 13 heavy (non-hydrogen) atoms. The summed E-state index contributed by atoms with van der Waals surface area (Å²) in [4.78, 5) is 4.46. The van der Waals surface area contributed by atoms with Crippen molar-refractivity contribution in [2.45, 2.75) is 19.8 Å². The zero-order valence-electron chi connectivity index (χ0n) is 7.83. The van der Waals surface area contributed by atoms with Gasteiger partial charge in [0.25, 0.3) is 0 Å². The van der Waals surface area contributed by atoms with Gasteiger partial charge in [-0.1, -0.05) is 36.4 Å². The topological polar surface area (TPSA) is 12.4 Å². The van der Waals surface area contributed by atoms with E-state index in [2.05, 4.69) is 42.3 Å². The van der Waals surface area contributed by atoms with Gasteiger partial charge in [-0.15, -0.1) is 0 Å². The fourth-order valence-electron chi connectivity index (χ4n) is 1.52. The van der Waals surface area contributed by atoms with E-state index >= 15 is 0 Å². The van der Waals surface area contributed by atoms with Gasteiger partial charge in [-0.05, 0) is 12.5 Å². The molecule has 0 unspecified atom stereocenters. The van der Waals surface area contributed by atoms with Gasteiger partial charge in [0.15, 0.2) is 0 Å². The normalized spacial score (nSPS) is 15.5. The highest BCUT2D eigenvalue weighted by Gasteiger charge is 2.04. The van der Waals surface area contributed by atoms with Crippen molar-refractivity contribution >= 4 is 5.71 Å². The smallest absolute Gasteiger partial charge is 0.0410 e. The first kappa shape index (κ1) is 8.24. The lowest BCUT2D eigenvalue weighted by Gasteiger charge is -1.98. The Bertz CT molecular complexity index is 347. The van der Waals surface area contributed by atoms with Crippen LogP contribution in [0.5, 0.6) is 0 Å². The molecule has 1 aromatic rings. The first-order chi connectivity index (χ1) is 6.34. The van der Waals surface area contributed by atoms with Crippen molar-refractivity contribution < 1.29 is 0 Å². The minimum atomic E-state index is 0.970. The van der Waals surface area contributed by atoms with E-state index in [9.17, 15) is 0 Å². The molecule has 1 aromatic carbocycles. The first-order valence-electron chi connectivity index (χ1n) is 4.62. The van der Waals surface area contributed by atoms with Crippen LogP contribution in [0.3, 0.4) is 0 Å². The third kappa shape index (κ3) is 2.05. The van der Waals surface area contributed by atoms with E-state index < -0.39 is 0 Å². The zero-order valence-corrected chi connectivity index (χ0v) is 7.83. The lowest BCUT2D eigenvalue weighted by atomic mass is 10.1. The van der Waals surface area contributed by atoms with Gasteiger partial charge in [0.2, 0.25) is 0 Å². The molecule has 0 aliphatic carbocycles. The Morgan fingerprint density at radius 2 is 2.00 bits per heavy atom. The zero-order chi connectivity index (χ0) is 9.10. The summed E-state index contributed by atoms with van der Waals surface area (Å²) in [6, 6.07) is 10.5. The van der Waals surface area contributed by atoms with Crippen molar-refractivity contribution in [3.63, 3.8) is 0 Å². The van der Waals surface area contributed by atoms with Crippen molar-refractivity contribution in [2.75, 3.05) is 0 Å². The quantitative estimate of drug-likeness (QED) is 0.648. The van der Waals surface area contributed by atoms with Crippen LogP contribution in [0.25, 0.3) is 0 Å². The highest BCUT2D eigenvalue weighted by atomic mass is 14.8. The molecular weight excluding hydrogens is 158 g/mol. The van der Waals surface area contributed by atoms with Crippen molar-refractivity contribution in [3.8, 4) is 0 Å². The number of rotatable bonds is 2. The van der Waals surface area contributed by atoms with E-state index in [1.54, 1.807) is 0 Å². The number of hydrogen-bond acceptors (Lipinski definition) is 1. The standard InChI is InChI=1S/C12H13N/c1-10-7-8-12(13-10)9-11-5-3-2-4-6-11/h2-6,8H,7,9H2,1H3. The van der Waals surface area contributed by atoms with Crippen molar-refractivity contribution in [1.29, 1.82) is 0 Å². The van der Waals surface area contributed by atoms with Crippen molar-refractivity contribution in [2.24, 2.45) is 4.99 Å².